The normalized spacial score (nSPS) is 18.0. The maximum absolute atomic E-state index is 14.1. The number of amides is 1. The molecule has 2 aliphatic rings. The SMILES string of the molecule is CCN1/C(=c2/s/c(=C3\C(=O)N(c4ccccc4)C(=S)N3c3ccccc3)n(CC)c2=O)Sc2ccccc21. The number of para-hydroxylation sites is 3. The third-order valence-electron chi connectivity index (χ3n) is 6.56. The first-order chi connectivity index (χ1) is 18.5. The summed E-state index contributed by atoms with van der Waals surface area (Å²) in [5.41, 5.74) is 2.85. The van der Waals surface area contributed by atoms with Crippen LogP contribution in [0, 0.1) is 0 Å². The lowest BCUT2D eigenvalue weighted by Crippen LogP contribution is -2.36. The predicted octanol–water partition coefficient (Wildman–Crippen LogP) is 4.57. The van der Waals surface area contributed by atoms with Crippen LogP contribution in [0.1, 0.15) is 13.8 Å². The number of aromatic nitrogens is 1. The van der Waals surface area contributed by atoms with Gasteiger partial charge in [-0.2, -0.15) is 0 Å². The Hall–Kier alpha value is -3.66. The molecule has 0 saturated carbocycles. The summed E-state index contributed by atoms with van der Waals surface area (Å²) >= 11 is 8.87. The van der Waals surface area contributed by atoms with Crippen molar-refractivity contribution in [1.82, 2.24) is 4.57 Å². The number of carbonyl (C=O) groups excluding carboxylic acids is 1. The largest absolute Gasteiger partial charge is 0.334 e. The molecule has 3 aromatic carbocycles. The highest BCUT2D eigenvalue weighted by Gasteiger charge is 2.41. The van der Waals surface area contributed by atoms with Crippen molar-refractivity contribution in [2.24, 2.45) is 0 Å². The topological polar surface area (TPSA) is 48.8 Å². The van der Waals surface area contributed by atoms with Crippen LogP contribution in [0.15, 0.2) is 94.6 Å². The molecule has 0 bridgehead atoms. The molecule has 0 radical (unpaired) electrons. The highest BCUT2D eigenvalue weighted by Crippen LogP contribution is 2.45. The van der Waals surface area contributed by atoms with Gasteiger partial charge >= 0.3 is 0 Å². The first-order valence-corrected chi connectivity index (χ1v) is 14.4. The minimum Gasteiger partial charge on any atom is -0.334 e. The standard InChI is InChI=1S/C29H24N4O2S3/c1-3-30-21-17-11-12-18-22(21)37-28(30)24-26(35)31(4-2)27(38-24)23-25(34)33(20-15-9-6-10-16-20)29(36)32(23)19-13-7-5-8-14-19/h5-18H,3-4H2,1-2H3/b27-23+,28-24-. The van der Waals surface area contributed by atoms with Gasteiger partial charge < -0.3 is 4.90 Å². The fourth-order valence-corrected chi connectivity index (χ4v) is 7.80. The fourth-order valence-electron chi connectivity index (χ4n) is 4.82. The molecule has 6 rings (SSSR count). The third kappa shape index (κ3) is 3.81. The lowest BCUT2D eigenvalue weighted by Gasteiger charge is -2.20. The minimum atomic E-state index is -0.250. The second-order valence-electron chi connectivity index (χ2n) is 8.68. The van der Waals surface area contributed by atoms with Crippen LogP contribution in [0.5, 0.6) is 0 Å². The lowest BCUT2D eigenvalue weighted by molar-refractivity contribution is -0.112. The van der Waals surface area contributed by atoms with E-state index in [2.05, 4.69) is 24.0 Å². The summed E-state index contributed by atoms with van der Waals surface area (Å²) in [6.45, 7) is 5.17. The van der Waals surface area contributed by atoms with Gasteiger partial charge in [0.25, 0.3) is 11.5 Å². The molecule has 38 heavy (non-hydrogen) atoms. The number of nitrogens with zero attached hydrogens (tertiary/aromatic N) is 4. The number of anilines is 3. The summed E-state index contributed by atoms with van der Waals surface area (Å²) in [5, 5.41) is 1.26. The van der Waals surface area contributed by atoms with E-state index in [4.69, 9.17) is 12.2 Å². The van der Waals surface area contributed by atoms with Gasteiger partial charge in [-0.25, -0.2) is 0 Å². The Labute approximate surface area is 233 Å². The molecule has 3 heterocycles. The third-order valence-corrected chi connectivity index (χ3v) is 9.42. The number of fused-ring (bicyclic) bond motifs is 1. The molecule has 190 valence electrons. The molecule has 1 saturated heterocycles. The number of carbonyl (C=O) groups is 1. The van der Waals surface area contributed by atoms with Gasteiger partial charge in [-0.05, 0) is 62.5 Å². The zero-order valence-corrected chi connectivity index (χ0v) is 23.3. The Morgan fingerprint density at radius 2 is 1.37 bits per heavy atom. The zero-order valence-electron chi connectivity index (χ0n) is 20.8. The Morgan fingerprint density at radius 1 is 0.763 bits per heavy atom. The second-order valence-corrected chi connectivity index (χ2v) is 11.1. The number of thioether (sulfide) groups is 1. The van der Waals surface area contributed by atoms with Crippen molar-refractivity contribution in [2.45, 2.75) is 25.3 Å². The van der Waals surface area contributed by atoms with Crippen molar-refractivity contribution in [2.75, 3.05) is 21.2 Å². The molecule has 6 nitrogen and oxygen atoms in total. The van der Waals surface area contributed by atoms with E-state index in [0.29, 0.717) is 32.2 Å². The average molecular weight is 557 g/mol. The van der Waals surface area contributed by atoms with Crippen LogP contribution in [0.2, 0.25) is 0 Å². The molecular weight excluding hydrogens is 533 g/mol. The van der Waals surface area contributed by atoms with Crippen molar-refractivity contribution < 1.29 is 4.79 Å². The van der Waals surface area contributed by atoms with E-state index in [1.54, 1.807) is 26.1 Å². The van der Waals surface area contributed by atoms with E-state index in [9.17, 15) is 9.59 Å². The summed E-state index contributed by atoms with van der Waals surface area (Å²) in [6, 6.07) is 27.2. The predicted molar refractivity (Wildman–Crippen MR) is 161 cm³/mol. The van der Waals surface area contributed by atoms with Gasteiger partial charge in [-0.15, -0.1) is 11.3 Å². The Balaban J connectivity index is 1.66. The van der Waals surface area contributed by atoms with Crippen LogP contribution in [-0.4, -0.2) is 22.1 Å². The van der Waals surface area contributed by atoms with Crippen molar-refractivity contribution in [3.63, 3.8) is 0 Å². The van der Waals surface area contributed by atoms with Crippen LogP contribution in [0.4, 0.5) is 17.1 Å². The zero-order chi connectivity index (χ0) is 26.4. The van der Waals surface area contributed by atoms with Crippen LogP contribution in [0.3, 0.4) is 0 Å². The van der Waals surface area contributed by atoms with E-state index >= 15 is 0 Å². The molecule has 0 aliphatic carbocycles. The number of thiocarbonyl (C=S) groups is 1. The van der Waals surface area contributed by atoms with Gasteiger partial charge in [0.2, 0.25) is 0 Å². The van der Waals surface area contributed by atoms with Crippen molar-refractivity contribution in [3.05, 3.63) is 104 Å². The molecule has 0 unspecified atom stereocenters. The minimum absolute atomic E-state index is 0.0985. The van der Waals surface area contributed by atoms with Crippen LogP contribution >= 0.6 is 35.3 Å². The lowest BCUT2D eigenvalue weighted by atomic mass is 10.3. The second kappa shape index (κ2) is 9.90. The average Bonchev–Trinajstić information content (AvgIpc) is 3.57. The summed E-state index contributed by atoms with van der Waals surface area (Å²) in [6.07, 6.45) is 0. The molecular formula is C29H24N4O2S3. The first-order valence-electron chi connectivity index (χ1n) is 12.4. The van der Waals surface area contributed by atoms with Crippen LogP contribution in [-0.2, 0) is 11.3 Å². The van der Waals surface area contributed by atoms with Crippen LogP contribution in [0.25, 0.3) is 10.7 Å². The highest BCUT2D eigenvalue weighted by molar-refractivity contribution is 8.08. The molecule has 1 fully saturated rings. The summed E-state index contributed by atoms with van der Waals surface area (Å²) < 4.78 is 2.93. The molecule has 2 aliphatic heterocycles. The van der Waals surface area contributed by atoms with Gasteiger partial charge in [0, 0.05) is 23.7 Å². The van der Waals surface area contributed by atoms with Gasteiger partial charge in [0.05, 0.1) is 11.4 Å². The van der Waals surface area contributed by atoms with Crippen molar-refractivity contribution in [3.8, 4) is 0 Å². The van der Waals surface area contributed by atoms with Crippen molar-refractivity contribution in [1.29, 1.82) is 0 Å². The monoisotopic (exact) mass is 556 g/mol. The maximum Gasteiger partial charge on any atom is 0.284 e. The molecule has 4 aromatic rings. The van der Waals surface area contributed by atoms with E-state index in [-0.39, 0.29) is 11.5 Å². The molecule has 0 spiro atoms. The fraction of sp³-hybridized carbons (Fsp3) is 0.138. The smallest absolute Gasteiger partial charge is 0.284 e. The van der Waals surface area contributed by atoms with Gasteiger partial charge in [-0.3, -0.25) is 24.0 Å². The highest BCUT2D eigenvalue weighted by atomic mass is 32.2. The molecule has 0 atom stereocenters. The van der Waals surface area contributed by atoms with E-state index in [1.807, 2.05) is 79.7 Å². The van der Waals surface area contributed by atoms with E-state index in [0.717, 1.165) is 27.8 Å². The quantitative estimate of drug-likeness (QED) is 0.343. The number of benzene rings is 3. The summed E-state index contributed by atoms with van der Waals surface area (Å²) in [5.74, 6) is -0.250. The van der Waals surface area contributed by atoms with Crippen molar-refractivity contribution >= 4 is 74.1 Å². The Bertz CT molecular complexity index is 1750. The first kappa shape index (κ1) is 24.7. The van der Waals surface area contributed by atoms with Gasteiger partial charge in [0.15, 0.2) is 5.11 Å². The number of thiazole rings is 1. The van der Waals surface area contributed by atoms with E-state index < -0.39 is 0 Å². The van der Waals surface area contributed by atoms with Gasteiger partial charge in [0.1, 0.15) is 19.9 Å². The summed E-state index contributed by atoms with van der Waals surface area (Å²) in [4.78, 5) is 34.7. The molecule has 0 N–H and O–H groups in total. The van der Waals surface area contributed by atoms with Gasteiger partial charge in [-0.1, -0.05) is 60.3 Å². The maximum atomic E-state index is 14.1. The Kier molecular flexibility index (Phi) is 6.43. The number of hydrogen-bond donors (Lipinski definition) is 0. The van der Waals surface area contributed by atoms with Crippen LogP contribution < -0.4 is 29.5 Å². The molecule has 1 amide bonds. The summed E-state index contributed by atoms with van der Waals surface area (Å²) in [7, 11) is 0. The number of hydrogen-bond acceptors (Lipinski definition) is 6. The number of rotatable bonds is 4. The molecule has 1 aromatic heterocycles. The van der Waals surface area contributed by atoms with E-state index in [1.165, 1.54) is 11.3 Å². The molecule has 9 heteroatoms. The Morgan fingerprint density at radius 3 is 2.00 bits per heavy atom.